The van der Waals surface area contributed by atoms with E-state index in [0.717, 1.165) is 0 Å². The number of amides is 2. The Labute approximate surface area is 134 Å². The smallest absolute Gasteiger partial charge is 0.321 e. The van der Waals surface area contributed by atoms with Crippen LogP contribution in [-0.4, -0.2) is 36.3 Å². The van der Waals surface area contributed by atoms with E-state index in [9.17, 15) is 9.90 Å². The van der Waals surface area contributed by atoms with Gasteiger partial charge in [0.05, 0.1) is 6.54 Å². The molecule has 1 aliphatic rings. The molecule has 0 fully saturated rings. The van der Waals surface area contributed by atoms with Gasteiger partial charge in [-0.1, -0.05) is 18.2 Å². The lowest BCUT2D eigenvalue weighted by Gasteiger charge is -2.21. The molecular formula is C17H18N2O4. The molecule has 0 saturated carbocycles. The van der Waals surface area contributed by atoms with Gasteiger partial charge in [-0.25, -0.2) is 4.79 Å². The second kappa shape index (κ2) is 6.48. The zero-order valence-electron chi connectivity index (χ0n) is 12.8. The number of phenolic OH excluding ortho intramolecular Hbond substituents is 1. The molecule has 0 saturated heterocycles. The Hall–Kier alpha value is -2.89. The van der Waals surface area contributed by atoms with Gasteiger partial charge in [-0.05, 0) is 18.2 Å². The quantitative estimate of drug-likeness (QED) is 0.914. The lowest BCUT2D eigenvalue weighted by Crippen LogP contribution is -2.30. The summed E-state index contributed by atoms with van der Waals surface area (Å²) in [6.07, 6.45) is 0. The Morgan fingerprint density at radius 1 is 1.17 bits per heavy atom. The van der Waals surface area contributed by atoms with Crippen molar-refractivity contribution in [2.45, 2.75) is 6.54 Å². The Bertz CT molecular complexity index is 717. The molecule has 120 valence electrons. The number of fused-ring (bicyclic) bond motifs is 1. The molecule has 0 radical (unpaired) electrons. The number of urea groups is 1. The van der Waals surface area contributed by atoms with Crippen LogP contribution in [0.4, 0.5) is 10.5 Å². The zero-order chi connectivity index (χ0) is 16.2. The Morgan fingerprint density at radius 2 is 1.91 bits per heavy atom. The van der Waals surface area contributed by atoms with Crippen molar-refractivity contribution in [2.24, 2.45) is 0 Å². The van der Waals surface area contributed by atoms with Gasteiger partial charge in [0, 0.05) is 24.4 Å². The third kappa shape index (κ3) is 3.48. The molecular weight excluding hydrogens is 296 g/mol. The predicted molar refractivity (Wildman–Crippen MR) is 86.0 cm³/mol. The van der Waals surface area contributed by atoms with Gasteiger partial charge in [-0.3, -0.25) is 0 Å². The maximum atomic E-state index is 12.3. The number of carbonyl (C=O) groups is 1. The molecule has 0 aromatic heterocycles. The highest BCUT2D eigenvalue weighted by atomic mass is 16.6. The molecule has 1 heterocycles. The van der Waals surface area contributed by atoms with Crippen LogP contribution >= 0.6 is 0 Å². The summed E-state index contributed by atoms with van der Waals surface area (Å²) in [7, 11) is 1.67. The van der Waals surface area contributed by atoms with Crippen LogP contribution < -0.4 is 14.8 Å². The fraction of sp³-hybridized carbons (Fsp3) is 0.235. The first-order valence-electron chi connectivity index (χ1n) is 7.32. The van der Waals surface area contributed by atoms with E-state index in [4.69, 9.17) is 9.47 Å². The maximum absolute atomic E-state index is 12.3. The van der Waals surface area contributed by atoms with Gasteiger partial charge in [-0.15, -0.1) is 0 Å². The highest BCUT2D eigenvalue weighted by Gasteiger charge is 2.15. The van der Waals surface area contributed by atoms with Gasteiger partial charge in [0.1, 0.15) is 19.0 Å². The van der Waals surface area contributed by atoms with Crippen LogP contribution in [0.2, 0.25) is 0 Å². The van der Waals surface area contributed by atoms with Crippen molar-refractivity contribution < 1.29 is 19.4 Å². The van der Waals surface area contributed by atoms with Crippen molar-refractivity contribution in [3.05, 3.63) is 48.0 Å². The monoisotopic (exact) mass is 314 g/mol. The molecule has 23 heavy (non-hydrogen) atoms. The number of ether oxygens (including phenoxy) is 2. The van der Waals surface area contributed by atoms with Crippen LogP contribution in [0.15, 0.2) is 42.5 Å². The van der Waals surface area contributed by atoms with Gasteiger partial charge in [0.2, 0.25) is 0 Å². The molecule has 0 aliphatic carbocycles. The van der Waals surface area contributed by atoms with Crippen LogP contribution in [0, 0.1) is 0 Å². The highest BCUT2D eigenvalue weighted by molar-refractivity contribution is 5.89. The van der Waals surface area contributed by atoms with E-state index >= 15 is 0 Å². The normalized spacial score (nSPS) is 12.6. The van der Waals surface area contributed by atoms with E-state index in [0.29, 0.717) is 42.5 Å². The minimum absolute atomic E-state index is 0.173. The van der Waals surface area contributed by atoms with Gasteiger partial charge < -0.3 is 24.8 Å². The number of rotatable bonds is 3. The summed E-state index contributed by atoms with van der Waals surface area (Å²) < 4.78 is 10.9. The lowest BCUT2D eigenvalue weighted by atomic mass is 10.2. The Balaban J connectivity index is 1.65. The largest absolute Gasteiger partial charge is 0.508 e. The van der Waals surface area contributed by atoms with Crippen molar-refractivity contribution in [1.29, 1.82) is 0 Å². The average molecular weight is 314 g/mol. The number of hydrogen-bond donors (Lipinski definition) is 2. The third-order valence-corrected chi connectivity index (χ3v) is 3.54. The number of benzene rings is 2. The topological polar surface area (TPSA) is 71.0 Å². The molecule has 0 atom stereocenters. The van der Waals surface area contributed by atoms with Crippen molar-refractivity contribution in [3.8, 4) is 17.2 Å². The summed E-state index contributed by atoms with van der Waals surface area (Å²) in [4.78, 5) is 13.7. The number of anilines is 1. The summed E-state index contributed by atoms with van der Waals surface area (Å²) in [5.41, 5.74) is 1.32. The standard InChI is InChI=1S/C17H18N2O4/c1-19(11-12-4-2-3-5-14(12)20)17(21)18-13-6-7-15-16(10-13)23-9-8-22-15/h2-7,10,20H,8-9,11H2,1H3,(H,18,21). The molecule has 2 N–H and O–H groups in total. The van der Waals surface area contributed by atoms with E-state index in [1.165, 1.54) is 4.90 Å². The summed E-state index contributed by atoms with van der Waals surface area (Å²) >= 11 is 0. The maximum Gasteiger partial charge on any atom is 0.321 e. The average Bonchev–Trinajstić information content (AvgIpc) is 2.56. The van der Waals surface area contributed by atoms with Gasteiger partial charge >= 0.3 is 6.03 Å². The van der Waals surface area contributed by atoms with Crippen LogP contribution in [0.25, 0.3) is 0 Å². The molecule has 6 heteroatoms. The van der Waals surface area contributed by atoms with Crippen LogP contribution in [0.3, 0.4) is 0 Å². The van der Waals surface area contributed by atoms with E-state index in [2.05, 4.69) is 5.32 Å². The highest BCUT2D eigenvalue weighted by Crippen LogP contribution is 2.32. The summed E-state index contributed by atoms with van der Waals surface area (Å²) in [5.74, 6) is 1.47. The number of phenols is 1. The number of aromatic hydroxyl groups is 1. The van der Waals surface area contributed by atoms with E-state index in [-0.39, 0.29) is 11.8 Å². The van der Waals surface area contributed by atoms with Crippen molar-refractivity contribution >= 4 is 11.7 Å². The van der Waals surface area contributed by atoms with Crippen LogP contribution in [0.5, 0.6) is 17.2 Å². The molecule has 0 unspecified atom stereocenters. The van der Waals surface area contributed by atoms with E-state index < -0.39 is 0 Å². The number of hydrogen-bond acceptors (Lipinski definition) is 4. The van der Waals surface area contributed by atoms with E-state index in [1.54, 1.807) is 43.4 Å². The minimum Gasteiger partial charge on any atom is -0.508 e. The molecule has 0 spiro atoms. The number of nitrogens with one attached hydrogen (secondary N) is 1. The van der Waals surface area contributed by atoms with Crippen molar-refractivity contribution in [3.63, 3.8) is 0 Å². The van der Waals surface area contributed by atoms with Crippen LogP contribution in [0.1, 0.15) is 5.56 Å². The molecule has 2 amide bonds. The SMILES string of the molecule is CN(Cc1ccccc1O)C(=O)Nc1ccc2c(c1)OCCO2. The Kier molecular flexibility index (Phi) is 4.23. The fourth-order valence-electron chi connectivity index (χ4n) is 2.31. The Morgan fingerprint density at radius 3 is 2.70 bits per heavy atom. The van der Waals surface area contributed by atoms with E-state index in [1.807, 2.05) is 6.07 Å². The predicted octanol–water partition coefficient (Wildman–Crippen LogP) is 2.83. The third-order valence-electron chi connectivity index (χ3n) is 3.54. The minimum atomic E-state index is -0.273. The van der Waals surface area contributed by atoms with Gasteiger partial charge in [-0.2, -0.15) is 0 Å². The fourth-order valence-corrected chi connectivity index (χ4v) is 2.31. The summed E-state index contributed by atoms with van der Waals surface area (Å²) in [5, 5.41) is 12.6. The molecule has 2 aromatic carbocycles. The van der Waals surface area contributed by atoms with Gasteiger partial charge in [0.15, 0.2) is 11.5 Å². The lowest BCUT2D eigenvalue weighted by molar-refractivity contribution is 0.171. The number of para-hydroxylation sites is 1. The van der Waals surface area contributed by atoms with Gasteiger partial charge in [0.25, 0.3) is 0 Å². The molecule has 2 aromatic rings. The first kappa shape index (κ1) is 15.0. The number of nitrogens with zero attached hydrogens (tertiary/aromatic N) is 1. The zero-order valence-corrected chi connectivity index (χ0v) is 12.8. The summed E-state index contributed by atoms with van der Waals surface area (Å²) in [6.45, 7) is 1.34. The summed E-state index contributed by atoms with van der Waals surface area (Å²) in [6, 6.07) is 11.9. The molecule has 0 bridgehead atoms. The van der Waals surface area contributed by atoms with Crippen molar-refractivity contribution in [2.75, 3.05) is 25.6 Å². The second-order valence-corrected chi connectivity index (χ2v) is 5.27. The molecule has 1 aliphatic heterocycles. The van der Waals surface area contributed by atoms with Crippen molar-refractivity contribution in [1.82, 2.24) is 4.90 Å². The molecule has 3 rings (SSSR count). The first-order valence-corrected chi connectivity index (χ1v) is 7.32. The van der Waals surface area contributed by atoms with Crippen LogP contribution in [-0.2, 0) is 6.54 Å². The first-order chi connectivity index (χ1) is 11.1. The molecule has 6 nitrogen and oxygen atoms in total. The second-order valence-electron chi connectivity index (χ2n) is 5.27. The number of carbonyl (C=O) groups excluding carboxylic acids is 1.